The summed E-state index contributed by atoms with van der Waals surface area (Å²) in [7, 11) is 0. The number of hydrogen-bond acceptors (Lipinski definition) is 14. The van der Waals surface area contributed by atoms with Crippen LogP contribution in [0.4, 0.5) is 0 Å². The van der Waals surface area contributed by atoms with Gasteiger partial charge in [0, 0.05) is 36.1 Å². The van der Waals surface area contributed by atoms with Gasteiger partial charge in [-0.1, -0.05) is 42.5 Å². The number of hydrogen-bond donors (Lipinski definition) is 5. The van der Waals surface area contributed by atoms with Crippen LogP contribution in [0.3, 0.4) is 0 Å². The first-order valence-electron chi connectivity index (χ1n) is 17.3. The van der Waals surface area contributed by atoms with Crippen molar-refractivity contribution in [2.75, 3.05) is 0 Å². The molecule has 5 aliphatic rings. The number of Topliss-reactive ketones (excluding diaryl/α,β-unsaturated/α-hetero) is 4. The van der Waals surface area contributed by atoms with E-state index in [2.05, 4.69) is 0 Å². The lowest BCUT2D eigenvalue weighted by atomic mass is 9.56. The van der Waals surface area contributed by atoms with Crippen LogP contribution in [-0.2, 0) is 33.3 Å². The molecule has 53 heavy (non-hydrogen) atoms. The summed E-state index contributed by atoms with van der Waals surface area (Å²) < 4.78 is 23.0. The van der Waals surface area contributed by atoms with Crippen molar-refractivity contribution in [2.24, 2.45) is 0 Å². The van der Waals surface area contributed by atoms with E-state index in [-0.39, 0.29) is 35.0 Å². The van der Waals surface area contributed by atoms with Gasteiger partial charge in [-0.3, -0.25) is 19.2 Å². The van der Waals surface area contributed by atoms with Gasteiger partial charge in [-0.15, -0.1) is 0 Å². The van der Waals surface area contributed by atoms with E-state index in [0.717, 1.165) is 19.1 Å². The van der Waals surface area contributed by atoms with E-state index in [1.54, 1.807) is 45.1 Å². The van der Waals surface area contributed by atoms with Gasteiger partial charge in [0.25, 0.3) is 0 Å². The molecule has 1 saturated carbocycles. The maximum absolute atomic E-state index is 13.8. The lowest BCUT2D eigenvalue weighted by molar-refractivity contribution is -0.209. The summed E-state index contributed by atoms with van der Waals surface area (Å²) in [4.78, 5) is 65.2. The maximum Gasteiger partial charge on any atom is 0.331 e. The summed E-state index contributed by atoms with van der Waals surface area (Å²) in [6.07, 6.45) is 6.47. The van der Waals surface area contributed by atoms with E-state index in [0.29, 0.717) is 6.42 Å². The summed E-state index contributed by atoms with van der Waals surface area (Å²) >= 11 is 0. The van der Waals surface area contributed by atoms with E-state index in [4.69, 9.17) is 18.9 Å². The van der Waals surface area contributed by atoms with Gasteiger partial charge in [-0.2, -0.15) is 0 Å². The molecule has 2 heterocycles. The van der Waals surface area contributed by atoms with Crippen LogP contribution >= 0.6 is 0 Å². The smallest absolute Gasteiger partial charge is 0.331 e. The number of carbonyl (C=O) groups excluding carboxylic acids is 5. The standard InChI is InChI=1S/C39H42O14/c1-19-25(51-28(41)11-9-7-6-8-10-26-20(2)52-37(5,53-26)21(3)40)14-15-27(50-19)22-12-13-23-29(31(22)42)32(43)24-16-17-38(48)18-36(4,47)34(45)35(46)39(38,49)30(24)33(23)44/h6-13,16-17,19-20,25-27,34,42,45,47-49H,14-15,18H2,1-5H3. The number of ether oxygens (including phenoxy) is 4. The average molecular weight is 735 g/mol. The molecule has 0 radical (unpaired) electrons. The molecule has 5 N–H and O–H groups in total. The highest BCUT2D eigenvalue weighted by atomic mass is 16.8. The quantitative estimate of drug-likeness (QED) is 0.154. The third-order valence-corrected chi connectivity index (χ3v) is 10.7. The van der Waals surface area contributed by atoms with E-state index >= 15 is 0 Å². The molecule has 1 aromatic carbocycles. The first-order chi connectivity index (χ1) is 24.8. The molecular weight excluding hydrogens is 692 g/mol. The van der Waals surface area contributed by atoms with Crippen molar-refractivity contribution in [1.29, 1.82) is 0 Å². The fourth-order valence-corrected chi connectivity index (χ4v) is 7.65. The number of ketones is 4. The number of carbonyl (C=O) groups is 5. The van der Waals surface area contributed by atoms with Crippen LogP contribution in [0.15, 0.2) is 71.9 Å². The highest BCUT2D eigenvalue weighted by Gasteiger charge is 2.69. The lowest BCUT2D eigenvalue weighted by Gasteiger charge is -2.53. The van der Waals surface area contributed by atoms with Gasteiger partial charge < -0.3 is 44.5 Å². The van der Waals surface area contributed by atoms with Gasteiger partial charge in [-0.25, -0.2) is 4.79 Å². The summed E-state index contributed by atoms with van der Waals surface area (Å²) in [5.74, 6) is -6.03. The van der Waals surface area contributed by atoms with Crippen LogP contribution < -0.4 is 0 Å². The monoisotopic (exact) mass is 734 g/mol. The summed E-state index contributed by atoms with van der Waals surface area (Å²) in [5, 5.41) is 55.4. The van der Waals surface area contributed by atoms with Gasteiger partial charge in [0.15, 0.2) is 23.0 Å². The Kier molecular flexibility index (Phi) is 9.73. The minimum atomic E-state index is -3.05. The molecule has 282 valence electrons. The Balaban J connectivity index is 1.10. The number of allylic oxidation sites excluding steroid dienone is 6. The molecule has 0 aromatic heterocycles. The van der Waals surface area contributed by atoms with E-state index in [9.17, 15) is 49.5 Å². The molecule has 6 rings (SSSR count). The number of phenolic OH excluding ortho intramolecular Hbond substituents is 1. The number of fused-ring (bicyclic) bond motifs is 3. The molecule has 1 aromatic rings. The minimum absolute atomic E-state index is 0.189. The summed E-state index contributed by atoms with van der Waals surface area (Å²) in [6.45, 7) is 7.57. The number of aromatic hydroxyl groups is 1. The van der Waals surface area contributed by atoms with Gasteiger partial charge in [0.2, 0.25) is 11.6 Å². The van der Waals surface area contributed by atoms with Crippen LogP contribution in [0.5, 0.6) is 5.75 Å². The molecule has 0 spiro atoms. The number of aliphatic hydroxyl groups is 4. The summed E-state index contributed by atoms with van der Waals surface area (Å²) in [5.41, 5.74) is -9.43. The van der Waals surface area contributed by atoms with Crippen molar-refractivity contribution in [3.8, 4) is 5.75 Å². The van der Waals surface area contributed by atoms with Crippen molar-refractivity contribution in [3.63, 3.8) is 0 Å². The highest BCUT2D eigenvalue weighted by Crippen LogP contribution is 2.52. The van der Waals surface area contributed by atoms with Gasteiger partial charge in [0.1, 0.15) is 29.7 Å². The molecule has 10 atom stereocenters. The van der Waals surface area contributed by atoms with Crippen molar-refractivity contribution in [2.45, 2.75) is 113 Å². The lowest BCUT2D eigenvalue weighted by Crippen LogP contribution is -2.74. The third-order valence-electron chi connectivity index (χ3n) is 10.7. The molecule has 10 unspecified atom stereocenters. The molecular formula is C39H42O14. The molecule has 0 amide bonds. The van der Waals surface area contributed by atoms with E-state index < -0.39 is 99.7 Å². The Morgan fingerprint density at radius 1 is 0.943 bits per heavy atom. The fraction of sp³-hybridized carbons (Fsp3) is 0.462. The van der Waals surface area contributed by atoms with Crippen LogP contribution in [0.2, 0.25) is 0 Å². The Morgan fingerprint density at radius 2 is 1.64 bits per heavy atom. The van der Waals surface area contributed by atoms with Crippen LogP contribution in [0.1, 0.15) is 86.3 Å². The van der Waals surface area contributed by atoms with Gasteiger partial charge in [-0.05, 0) is 52.7 Å². The SMILES string of the molecule is CC(=O)C1(C)OC(C)C(C=CC=CC=CC(=O)OC2CCC(c3ccc4c(c3O)C(=O)C3=C(C4=O)C4(O)C(=O)C(O)C(C)(O)CC4(O)C=C3)OC2C)O1. The Labute approximate surface area is 304 Å². The number of phenols is 1. The average Bonchev–Trinajstić information content (AvgIpc) is 3.39. The molecule has 3 fully saturated rings. The van der Waals surface area contributed by atoms with Crippen LogP contribution in [-0.4, -0.2) is 108 Å². The van der Waals surface area contributed by atoms with Crippen LogP contribution in [0.25, 0.3) is 0 Å². The molecule has 14 heteroatoms. The van der Waals surface area contributed by atoms with Gasteiger partial charge in [0.05, 0.1) is 35.0 Å². The van der Waals surface area contributed by atoms with Crippen molar-refractivity contribution in [1.82, 2.24) is 0 Å². The van der Waals surface area contributed by atoms with Crippen LogP contribution in [0, 0.1) is 0 Å². The zero-order chi connectivity index (χ0) is 38.8. The second-order valence-corrected chi connectivity index (χ2v) is 14.6. The maximum atomic E-state index is 13.8. The largest absolute Gasteiger partial charge is 0.507 e. The Bertz CT molecular complexity index is 1930. The zero-order valence-corrected chi connectivity index (χ0v) is 29.8. The predicted molar refractivity (Wildman–Crippen MR) is 183 cm³/mol. The second kappa shape index (κ2) is 13.5. The summed E-state index contributed by atoms with van der Waals surface area (Å²) in [6, 6.07) is 2.63. The second-order valence-electron chi connectivity index (χ2n) is 14.6. The van der Waals surface area contributed by atoms with Crippen molar-refractivity contribution < 1.29 is 68.5 Å². The topological polar surface area (TPSA) is 223 Å². The molecule has 0 bridgehead atoms. The highest BCUT2D eigenvalue weighted by molar-refractivity contribution is 6.32. The number of rotatable bonds is 7. The number of benzene rings is 1. The number of esters is 1. The van der Waals surface area contributed by atoms with Gasteiger partial charge >= 0.3 is 5.97 Å². The van der Waals surface area contributed by atoms with Crippen molar-refractivity contribution >= 4 is 29.1 Å². The zero-order valence-electron chi connectivity index (χ0n) is 29.8. The predicted octanol–water partition coefficient (Wildman–Crippen LogP) is 2.11. The van der Waals surface area contributed by atoms with E-state index in [1.807, 2.05) is 0 Å². The van der Waals surface area contributed by atoms with Crippen molar-refractivity contribution in [3.05, 3.63) is 88.6 Å². The Morgan fingerprint density at radius 3 is 2.30 bits per heavy atom. The van der Waals surface area contributed by atoms with E-state index in [1.165, 1.54) is 31.2 Å². The third kappa shape index (κ3) is 6.27. The molecule has 2 saturated heterocycles. The first-order valence-corrected chi connectivity index (χ1v) is 17.3. The Hall–Kier alpha value is -4.41. The molecule has 2 aliphatic heterocycles. The molecule has 14 nitrogen and oxygen atoms in total. The fourth-order valence-electron chi connectivity index (χ4n) is 7.65. The normalized spacial score (nSPS) is 38.5. The first kappa shape index (κ1) is 38.3. The number of aliphatic hydroxyl groups excluding tert-OH is 1. The minimum Gasteiger partial charge on any atom is -0.507 e. The molecule has 3 aliphatic carbocycles.